The Morgan fingerprint density at radius 3 is 2.36 bits per heavy atom. The molecule has 1 unspecified atom stereocenters. The van der Waals surface area contributed by atoms with Crippen molar-refractivity contribution in [3.8, 4) is 5.95 Å². The number of halogens is 1. The molecule has 0 fully saturated rings. The molecule has 3 heterocycles. The molecular formula is C19H21BrN8. The Balaban J connectivity index is 1.78. The fraction of sp³-hybridized carbons (Fsp3) is 0.316. The van der Waals surface area contributed by atoms with Gasteiger partial charge in [0.2, 0.25) is 5.95 Å². The zero-order valence-corrected chi connectivity index (χ0v) is 17.8. The second-order valence-electron chi connectivity index (χ2n) is 6.96. The molecule has 1 aliphatic rings. The number of hydrogen-bond acceptors (Lipinski definition) is 7. The minimum Gasteiger partial charge on any atom is -0.324 e. The van der Waals surface area contributed by atoms with Gasteiger partial charge in [-0.2, -0.15) is 25.2 Å². The van der Waals surface area contributed by atoms with Crippen molar-refractivity contribution in [3.63, 3.8) is 0 Å². The summed E-state index contributed by atoms with van der Waals surface area (Å²) in [4.78, 5) is 13.9. The Bertz CT molecular complexity index is 1040. The first-order valence-electron chi connectivity index (χ1n) is 9.04. The summed E-state index contributed by atoms with van der Waals surface area (Å²) < 4.78 is 2.73. The summed E-state index contributed by atoms with van der Waals surface area (Å²) >= 11 is 3.45. The molecule has 2 aromatic heterocycles. The van der Waals surface area contributed by atoms with E-state index < -0.39 is 0 Å². The number of anilines is 3. The smallest absolute Gasteiger partial charge is 0.257 e. The molecule has 28 heavy (non-hydrogen) atoms. The van der Waals surface area contributed by atoms with E-state index in [1.807, 2.05) is 56.1 Å². The average molecular weight is 441 g/mol. The molecule has 0 saturated carbocycles. The highest BCUT2D eigenvalue weighted by atomic mass is 79.9. The standard InChI is InChI=1S/C19H21BrN8/c1-11-9-13(3)27(25-11)18-22-17(21-16-7-5-15(20)6-8-16)23-19(24-18)28-14(4)10-12(2)26-28/h5-9,14H,10H2,1-4H3,(H,21,22,23,24). The summed E-state index contributed by atoms with van der Waals surface area (Å²) in [5, 5.41) is 14.2. The Morgan fingerprint density at radius 2 is 1.75 bits per heavy atom. The number of nitrogens with one attached hydrogen (secondary N) is 1. The van der Waals surface area contributed by atoms with Crippen LogP contribution in [0.5, 0.6) is 0 Å². The maximum atomic E-state index is 4.65. The van der Waals surface area contributed by atoms with Crippen LogP contribution in [0.1, 0.15) is 31.7 Å². The molecule has 1 atom stereocenters. The van der Waals surface area contributed by atoms with Gasteiger partial charge in [0, 0.05) is 28.0 Å². The first-order chi connectivity index (χ1) is 13.4. The highest BCUT2D eigenvalue weighted by Gasteiger charge is 2.25. The zero-order chi connectivity index (χ0) is 19.8. The van der Waals surface area contributed by atoms with E-state index in [1.165, 1.54) is 0 Å². The first kappa shape index (κ1) is 18.5. The normalized spacial score (nSPS) is 16.4. The summed E-state index contributed by atoms with van der Waals surface area (Å²) in [5.41, 5.74) is 3.81. The van der Waals surface area contributed by atoms with Crippen molar-refractivity contribution in [3.05, 3.63) is 46.2 Å². The molecule has 0 aliphatic carbocycles. The summed E-state index contributed by atoms with van der Waals surface area (Å²) in [6, 6.07) is 10.0. The van der Waals surface area contributed by atoms with Crippen molar-refractivity contribution in [1.29, 1.82) is 0 Å². The van der Waals surface area contributed by atoms with Crippen LogP contribution in [-0.2, 0) is 0 Å². The van der Waals surface area contributed by atoms with Gasteiger partial charge in [-0.25, -0.2) is 9.69 Å². The average Bonchev–Trinajstić information content (AvgIpc) is 3.17. The van der Waals surface area contributed by atoms with Gasteiger partial charge >= 0.3 is 0 Å². The number of hydrogen-bond donors (Lipinski definition) is 1. The predicted octanol–water partition coefficient (Wildman–Crippen LogP) is 4.15. The summed E-state index contributed by atoms with van der Waals surface area (Å²) in [6.07, 6.45) is 0.885. The zero-order valence-electron chi connectivity index (χ0n) is 16.2. The predicted molar refractivity (Wildman–Crippen MR) is 114 cm³/mol. The van der Waals surface area contributed by atoms with Gasteiger partial charge in [-0.3, -0.25) is 0 Å². The summed E-state index contributed by atoms with van der Waals surface area (Å²) in [7, 11) is 0. The van der Waals surface area contributed by atoms with Gasteiger partial charge in [-0.1, -0.05) is 15.9 Å². The number of hydrazone groups is 1. The minimum absolute atomic E-state index is 0.191. The van der Waals surface area contributed by atoms with E-state index in [-0.39, 0.29) is 6.04 Å². The maximum absolute atomic E-state index is 4.65. The number of nitrogens with zero attached hydrogens (tertiary/aromatic N) is 7. The third kappa shape index (κ3) is 3.75. The molecule has 1 N–H and O–H groups in total. The van der Waals surface area contributed by atoms with Crippen LogP contribution in [0.4, 0.5) is 17.6 Å². The molecule has 0 spiro atoms. The van der Waals surface area contributed by atoms with E-state index in [2.05, 4.69) is 53.3 Å². The van der Waals surface area contributed by atoms with Crippen LogP contribution in [0.3, 0.4) is 0 Å². The molecule has 8 nitrogen and oxygen atoms in total. The lowest BCUT2D eigenvalue weighted by Gasteiger charge is -2.19. The number of aryl methyl sites for hydroxylation is 2. The van der Waals surface area contributed by atoms with E-state index in [4.69, 9.17) is 0 Å². The van der Waals surface area contributed by atoms with Crippen molar-refractivity contribution < 1.29 is 0 Å². The third-order valence-corrected chi connectivity index (χ3v) is 4.93. The number of benzene rings is 1. The van der Waals surface area contributed by atoms with Gasteiger partial charge in [0.25, 0.3) is 11.9 Å². The van der Waals surface area contributed by atoms with Crippen LogP contribution in [0.25, 0.3) is 5.95 Å². The summed E-state index contributed by atoms with van der Waals surface area (Å²) in [6.45, 7) is 8.05. The topological polar surface area (TPSA) is 84.1 Å². The van der Waals surface area contributed by atoms with Crippen LogP contribution in [0.2, 0.25) is 0 Å². The SMILES string of the molecule is CC1=NN(c2nc(Nc3ccc(Br)cc3)nc(-n3nc(C)cc3C)n2)C(C)C1. The van der Waals surface area contributed by atoms with Crippen LogP contribution in [-0.4, -0.2) is 36.5 Å². The lowest BCUT2D eigenvalue weighted by atomic mass is 10.2. The molecule has 1 aromatic carbocycles. The molecule has 0 amide bonds. The van der Waals surface area contributed by atoms with Gasteiger partial charge in [-0.05, 0) is 58.0 Å². The van der Waals surface area contributed by atoms with E-state index in [9.17, 15) is 0 Å². The molecular weight excluding hydrogens is 420 g/mol. The van der Waals surface area contributed by atoms with Crippen LogP contribution < -0.4 is 10.3 Å². The van der Waals surface area contributed by atoms with E-state index in [1.54, 1.807) is 4.68 Å². The number of rotatable bonds is 4. The quantitative estimate of drug-likeness (QED) is 0.655. The molecule has 0 bridgehead atoms. The van der Waals surface area contributed by atoms with Gasteiger partial charge in [0.1, 0.15) is 0 Å². The third-order valence-electron chi connectivity index (χ3n) is 4.40. The lowest BCUT2D eigenvalue weighted by Crippen LogP contribution is -2.26. The van der Waals surface area contributed by atoms with Crippen molar-refractivity contribution in [2.75, 3.05) is 10.3 Å². The Labute approximate surface area is 171 Å². The monoisotopic (exact) mass is 440 g/mol. The fourth-order valence-corrected chi connectivity index (χ4v) is 3.44. The molecule has 144 valence electrons. The van der Waals surface area contributed by atoms with Gasteiger partial charge in [0.05, 0.1) is 11.7 Å². The minimum atomic E-state index is 0.191. The van der Waals surface area contributed by atoms with Crippen LogP contribution in [0.15, 0.2) is 39.9 Å². The maximum Gasteiger partial charge on any atom is 0.257 e. The van der Waals surface area contributed by atoms with Crippen molar-refractivity contribution in [1.82, 2.24) is 24.7 Å². The van der Waals surface area contributed by atoms with Gasteiger partial charge in [-0.15, -0.1) is 0 Å². The number of aromatic nitrogens is 5. The van der Waals surface area contributed by atoms with Crippen molar-refractivity contribution in [2.45, 2.75) is 40.2 Å². The molecule has 0 saturated heterocycles. The Kier molecular flexibility index (Phi) is 4.84. The Morgan fingerprint density at radius 1 is 1.04 bits per heavy atom. The van der Waals surface area contributed by atoms with Gasteiger partial charge < -0.3 is 5.32 Å². The lowest BCUT2D eigenvalue weighted by molar-refractivity contribution is 0.686. The van der Waals surface area contributed by atoms with Crippen LogP contribution >= 0.6 is 15.9 Å². The second kappa shape index (κ2) is 7.31. The van der Waals surface area contributed by atoms with E-state index in [0.29, 0.717) is 17.8 Å². The summed E-state index contributed by atoms with van der Waals surface area (Å²) in [5.74, 6) is 1.41. The molecule has 4 rings (SSSR count). The highest BCUT2D eigenvalue weighted by Crippen LogP contribution is 2.24. The van der Waals surface area contributed by atoms with Crippen molar-refractivity contribution in [2.24, 2.45) is 5.10 Å². The molecule has 9 heteroatoms. The van der Waals surface area contributed by atoms with Crippen LogP contribution in [0, 0.1) is 13.8 Å². The fourth-order valence-electron chi connectivity index (χ4n) is 3.18. The second-order valence-corrected chi connectivity index (χ2v) is 7.88. The van der Waals surface area contributed by atoms with E-state index >= 15 is 0 Å². The molecule has 3 aromatic rings. The first-order valence-corrected chi connectivity index (χ1v) is 9.84. The largest absolute Gasteiger partial charge is 0.324 e. The van der Waals surface area contributed by atoms with Crippen molar-refractivity contribution >= 4 is 39.2 Å². The molecule has 0 radical (unpaired) electrons. The van der Waals surface area contributed by atoms with E-state index in [0.717, 1.165) is 33.7 Å². The molecule has 1 aliphatic heterocycles. The Hall–Kier alpha value is -2.81. The highest BCUT2D eigenvalue weighted by molar-refractivity contribution is 9.10. The van der Waals surface area contributed by atoms with Gasteiger partial charge in [0.15, 0.2) is 0 Å².